The van der Waals surface area contributed by atoms with Crippen molar-refractivity contribution in [2.24, 2.45) is 0 Å². The Hall–Kier alpha value is -4.04. The number of aromatic nitrogens is 1. The molecule has 2 heterocycles. The Labute approximate surface area is 232 Å². The molecule has 4 rings (SSSR count). The number of fused-ring (bicyclic) bond motifs is 1. The Kier molecular flexibility index (Phi) is 7.60. The first kappa shape index (κ1) is 29.9. The van der Waals surface area contributed by atoms with Gasteiger partial charge in [-0.1, -0.05) is 30.7 Å². The first-order chi connectivity index (χ1) is 18.9. The molecule has 2 aromatic carbocycles. The summed E-state index contributed by atoms with van der Waals surface area (Å²) < 4.78 is 93.9. The van der Waals surface area contributed by atoms with E-state index in [1.54, 1.807) is 0 Å². The molecule has 218 valence electrons. The van der Waals surface area contributed by atoms with Crippen molar-refractivity contribution in [3.8, 4) is 17.4 Å². The number of carboxylic acid groups (broad SMARTS) is 1. The highest BCUT2D eigenvalue weighted by Gasteiger charge is 2.59. The number of carbonyl (C=O) groups is 2. The Morgan fingerprint density at radius 2 is 1.80 bits per heavy atom. The van der Waals surface area contributed by atoms with Crippen LogP contribution in [0.1, 0.15) is 39.9 Å². The molecule has 3 aromatic rings. The maximum Gasteiger partial charge on any atom is 0.422 e. The lowest BCUT2D eigenvalue weighted by Gasteiger charge is -2.38. The van der Waals surface area contributed by atoms with Gasteiger partial charge in [0.2, 0.25) is 5.88 Å². The van der Waals surface area contributed by atoms with Crippen LogP contribution >= 0.6 is 11.6 Å². The number of likely N-dealkylation sites (N-methyl/N-ethyl adjacent to an activating group) is 1. The number of hydrogen-bond donors (Lipinski definition) is 2. The second kappa shape index (κ2) is 10.4. The molecule has 1 aliphatic heterocycles. The smallest absolute Gasteiger partial charge is 0.422 e. The number of amides is 1. The quantitative estimate of drug-likeness (QED) is 0.325. The van der Waals surface area contributed by atoms with Crippen LogP contribution in [0.3, 0.4) is 0 Å². The molecule has 0 radical (unpaired) electrons. The summed E-state index contributed by atoms with van der Waals surface area (Å²) in [6.45, 7) is 0.769. The van der Waals surface area contributed by atoms with Crippen LogP contribution in [0.2, 0.25) is 5.02 Å². The second-order valence-electron chi connectivity index (χ2n) is 9.07. The van der Waals surface area contributed by atoms with E-state index in [-0.39, 0.29) is 34.4 Å². The van der Waals surface area contributed by atoms with Crippen LogP contribution in [-0.4, -0.2) is 46.9 Å². The van der Waals surface area contributed by atoms with Gasteiger partial charge in [-0.15, -0.1) is 0 Å². The molecule has 0 saturated carbocycles. The van der Waals surface area contributed by atoms with E-state index in [0.29, 0.717) is 12.3 Å². The molecule has 15 heteroatoms. The highest BCUT2D eigenvalue weighted by Crippen LogP contribution is 2.51. The van der Waals surface area contributed by atoms with Gasteiger partial charge in [0.1, 0.15) is 11.5 Å². The van der Waals surface area contributed by atoms with Crippen molar-refractivity contribution in [3.05, 3.63) is 75.9 Å². The normalized spacial score (nSPS) is 16.0. The summed E-state index contributed by atoms with van der Waals surface area (Å²) in [5.74, 6) is -4.84. The fourth-order valence-electron chi connectivity index (χ4n) is 4.33. The average molecular weight is 605 g/mol. The lowest BCUT2D eigenvalue weighted by atomic mass is 9.77. The third kappa shape index (κ3) is 5.48. The molecule has 1 amide bonds. The fraction of sp³-hybridized carbons (Fsp3) is 0.269. The van der Waals surface area contributed by atoms with Crippen molar-refractivity contribution in [2.45, 2.75) is 30.8 Å². The third-order valence-corrected chi connectivity index (χ3v) is 6.95. The zero-order chi connectivity index (χ0) is 30.5. The van der Waals surface area contributed by atoms with Gasteiger partial charge in [-0.25, -0.2) is 9.78 Å². The van der Waals surface area contributed by atoms with Crippen molar-refractivity contribution >= 4 is 29.2 Å². The highest BCUT2D eigenvalue weighted by molar-refractivity contribution is 6.31. The van der Waals surface area contributed by atoms with Gasteiger partial charge in [-0.3, -0.25) is 4.79 Å². The number of halogens is 7. The average Bonchev–Trinajstić information content (AvgIpc) is 2.88. The van der Waals surface area contributed by atoms with Crippen molar-refractivity contribution in [1.29, 1.82) is 0 Å². The van der Waals surface area contributed by atoms with Gasteiger partial charge < -0.3 is 24.6 Å². The van der Waals surface area contributed by atoms with E-state index in [9.17, 15) is 41.0 Å². The molecular formula is C26H19ClF6N2O6. The van der Waals surface area contributed by atoms with Crippen molar-refractivity contribution in [1.82, 2.24) is 4.98 Å². The number of pyridine rings is 1. The largest absolute Gasteiger partial charge is 0.482 e. The van der Waals surface area contributed by atoms with Crippen molar-refractivity contribution in [2.75, 3.05) is 18.6 Å². The molecule has 0 unspecified atom stereocenters. The van der Waals surface area contributed by atoms with Gasteiger partial charge in [0.05, 0.1) is 16.8 Å². The monoisotopic (exact) mass is 604 g/mol. The number of aliphatic hydroxyl groups is 1. The van der Waals surface area contributed by atoms with E-state index >= 15 is 0 Å². The molecule has 1 aliphatic rings. The summed E-state index contributed by atoms with van der Waals surface area (Å²) >= 11 is 6.25. The summed E-state index contributed by atoms with van der Waals surface area (Å²) in [6.07, 6.45) is -9.82. The maximum absolute atomic E-state index is 14.5. The first-order valence-corrected chi connectivity index (χ1v) is 11.9. The van der Waals surface area contributed by atoms with Crippen LogP contribution in [-0.2, 0) is 16.6 Å². The number of hydrogen-bond acceptors (Lipinski definition) is 6. The molecule has 8 nitrogen and oxygen atoms in total. The minimum Gasteiger partial charge on any atom is -0.482 e. The second-order valence-corrected chi connectivity index (χ2v) is 9.47. The Morgan fingerprint density at radius 1 is 1.12 bits per heavy atom. The number of aromatic carboxylic acids is 1. The molecule has 2 atom stereocenters. The van der Waals surface area contributed by atoms with Crippen LogP contribution in [0.5, 0.6) is 17.4 Å². The molecule has 41 heavy (non-hydrogen) atoms. The Balaban J connectivity index is 1.70. The van der Waals surface area contributed by atoms with E-state index in [1.807, 2.05) is 0 Å². The fourth-order valence-corrected chi connectivity index (χ4v) is 4.67. The number of rotatable bonds is 6. The number of carbonyl (C=O) groups excluding carboxylic acids is 1. The van der Waals surface area contributed by atoms with Crippen LogP contribution in [0, 0.1) is 0 Å². The molecule has 0 spiro atoms. The SMILES string of the molecule is C[C@H](c1ccc(Oc2cc(C(F)(F)F)c(C(=O)O)cn2)cc1Cl)[C@@](O)(c1ccc2c(c1)N(C)C(=O)CO2)C(F)(F)F. The number of ether oxygens (including phenoxy) is 2. The predicted octanol–water partition coefficient (Wildman–Crippen LogP) is 6.15. The highest BCUT2D eigenvalue weighted by atomic mass is 35.5. The number of alkyl halides is 6. The van der Waals surface area contributed by atoms with E-state index < -0.39 is 58.3 Å². The van der Waals surface area contributed by atoms with Gasteiger partial charge >= 0.3 is 18.3 Å². The summed E-state index contributed by atoms with van der Waals surface area (Å²) in [4.78, 5) is 27.8. The topological polar surface area (TPSA) is 109 Å². The van der Waals surface area contributed by atoms with Crippen LogP contribution < -0.4 is 14.4 Å². The molecule has 1 aromatic heterocycles. The number of nitrogens with zero attached hydrogens (tertiary/aromatic N) is 2. The van der Waals surface area contributed by atoms with E-state index in [4.69, 9.17) is 26.2 Å². The van der Waals surface area contributed by atoms with E-state index in [0.717, 1.165) is 42.2 Å². The van der Waals surface area contributed by atoms with Crippen LogP contribution in [0.25, 0.3) is 0 Å². The van der Waals surface area contributed by atoms with Crippen LogP contribution in [0.15, 0.2) is 48.7 Å². The minimum atomic E-state index is -5.24. The Morgan fingerprint density at radius 3 is 2.39 bits per heavy atom. The van der Waals surface area contributed by atoms with Crippen molar-refractivity contribution in [3.63, 3.8) is 0 Å². The number of anilines is 1. The summed E-state index contributed by atoms with van der Waals surface area (Å²) in [5.41, 5.74) is -6.91. The van der Waals surface area contributed by atoms with Gasteiger partial charge in [-0.05, 0) is 35.4 Å². The standard InChI is InChI=1S/C26H19ClF6N2O6/c1-12(24(39,26(31,32)33)13-3-6-20-19(7-13)35(2)22(36)11-40-20)15-5-4-14(8-18(15)27)41-21-9-17(25(28,29)30)16(10-34-21)23(37)38/h3-10,12,39H,11H2,1-2H3,(H,37,38)/t12-,24-/m1/s1. The maximum atomic E-state index is 14.5. The van der Waals surface area contributed by atoms with Gasteiger partial charge in [0.15, 0.2) is 12.2 Å². The minimum absolute atomic E-state index is 0.0168. The van der Waals surface area contributed by atoms with Gasteiger partial charge in [-0.2, -0.15) is 26.3 Å². The predicted molar refractivity (Wildman–Crippen MR) is 131 cm³/mol. The molecule has 0 bridgehead atoms. The first-order valence-electron chi connectivity index (χ1n) is 11.6. The van der Waals surface area contributed by atoms with E-state index in [2.05, 4.69) is 4.98 Å². The molecule has 2 N–H and O–H groups in total. The number of benzene rings is 2. The van der Waals surface area contributed by atoms with Crippen LogP contribution in [0.4, 0.5) is 32.0 Å². The van der Waals surface area contributed by atoms with Gasteiger partial charge in [0.25, 0.3) is 5.91 Å². The summed E-state index contributed by atoms with van der Waals surface area (Å²) in [7, 11) is 1.35. The summed E-state index contributed by atoms with van der Waals surface area (Å²) in [6, 6.07) is 6.77. The van der Waals surface area contributed by atoms with E-state index in [1.165, 1.54) is 13.1 Å². The Bertz CT molecular complexity index is 1530. The molecule has 0 aliphatic carbocycles. The zero-order valence-electron chi connectivity index (χ0n) is 21.0. The van der Waals surface area contributed by atoms with Gasteiger partial charge in [0, 0.05) is 30.3 Å². The lowest BCUT2D eigenvalue weighted by Crippen LogP contribution is -2.47. The summed E-state index contributed by atoms with van der Waals surface area (Å²) in [5, 5.41) is 19.8. The molecule has 0 saturated heterocycles. The third-order valence-electron chi connectivity index (χ3n) is 6.62. The zero-order valence-corrected chi connectivity index (χ0v) is 21.7. The lowest BCUT2D eigenvalue weighted by molar-refractivity contribution is -0.274. The molecule has 0 fully saturated rings. The van der Waals surface area contributed by atoms with Crippen molar-refractivity contribution < 1.29 is 55.6 Å². The number of carboxylic acids is 1. The molecular weight excluding hydrogens is 586 g/mol.